The number of carbonyl (C=O) groups is 1. The molecule has 4 rings (SSSR count). The third-order valence-corrected chi connectivity index (χ3v) is 5.26. The molecule has 1 amide bonds. The molecule has 0 bridgehead atoms. The Hall–Kier alpha value is -3.18. The monoisotopic (exact) mass is 373 g/mol. The maximum Gasteiger partial charge on any atom is 0.259 e. The molecule has 0 saturated carbocycles. The van der Waals surface area contributed by atoms with Gasteiger partial charge in [-0.1, -0.05) is 49.4 Å². The maximum absolute atomic E-state index is 13.1. The number of thiophene rings is 1. The normalized spacial score (nSPS) is 10.7. The van der Waals surface area contributed by atoms with Crippen LogP contribution in [0.25, 0.3) is 16.3 Å². The molecule has 0 saturated heterocycles. The average molecular weight is 373 g/mol. The number of anilines is 1. The van der Waals surface area contributed by atoms with Gasteiger partial charge in [0.05, 0.1) is 16.1 Å². The van der Waals surface area contributed by atoms with Crippen LogP contribution in [0.3, 0.4) is 0 Å². The van der Waals surface area contributed by atoms with Gasteiger partial charge in [-0.25, -0.2) is 4.68 Å². The molecule has 0 atom stereocenters. The number of benzene rings is 2. The van der Waals surface area contributed by atoms with Crippen molar-refractivity contribution in [1.29, 1.82) is 0 Å². The second-order valence-electron chi connectivity index (χ2n) is 6.11. The summed E-state index contributed by atoms with van der Waals surface area (Å²) in [6, 6.07) is 21.7. The molecule has 0 radical (unpaired) electrons. The SMILES string of the molecule is CCc1ccccc1NC(=O)c1cn(-c2ccccc2)nc1-c1cccs1. The summed E-state index contributed by atoms with van der Waals surface area (Å²) in [6.07, 6.45) is 2.66. The first-order valence-corrected chi connectivity index (χ1v) is 9.72. The van der Waals surface area contributed by atoms with Crippen LogP contribution < -0.4 is 5.32 Å². The Morgan fingerprint density at radius 3 is 2.56 bits per heavy atom. The summed E-state index contributed by atoms with van der Waals surface area (Å²) in [6.45, 7) is 2.08. The fourth-order valence-electron chi connectivity index (χ4n) is 2.99. The lowest BCUT2D eigenvalue weighted by atomic mass is 10.1. The number of aryl methyl sites for hydroxylation is 1. The van der Waals surface area contributed by atoms with E-state index in [1.165, 1.54) is 0 Å². The molecule has 1 N–H and O–H groups in total. The zero-order valence-corrected chi connectivity index (χ0v) is 15.7. The zero-order valence-electron chi connectivity index (χ0n) is 14.9. The van der Waals surface area contributed by atoms with E-state index in [4.69, 9.17) is 5.10 Å². The van der Waals surface area contributed by atoms with Crippen LogP contribution >= 0.6 is 11.3 Å². The minimum atomic E-state index is -0.151. The van der Waals surface area contributed by atoms with Crippen molar-refractivity contribution >= 4 is 22.9 Å². The van der Waals surface area contributed by atoms with Crippen molar-refractivity contribution in [3.63, 3.8) is 0 Å². The van der Waals surface area contributed by atoms with Gasteiger partial charge in [0.25, 0.3) is 5.91 Å². The van der Waals surface area contributed by atoms with E-state index in [1.54, 1.807) is 22.2 Å². The highest BCUT2D eigenvalue weighted by molar-refractivity contribution is 7.13. The van der Waals surface area contributed by atoms with Gasteiger partial charge in [0.2, 0.25) is 0 Å². The molecule has 2 aromatic heterocycles. The van der Waals surface area contributed by atoms with Gasteiger partial charge >= 0.3 is 0 Å². The van der Waals surface area contributed by atoms with E-state index >= 15 is 0 Å². The van der Waals surface area contributed by atoms with Crippen molar-refractivity contribution in [3.8, 4) is 16.3 Å². The molecule has 0 spiro atoms. The van der Waals surface area contributed by atoms with E-state index in [2.05, 4.69) is 12.2 Å². The predicted molar refractivity (Wildman–Crippen MR) is 111 cm³/mol. The predicted octanol–water partition coefficient (Wildman–Crippen LogP) is 5.42. The lowest BCUT2D eigenvalue weighted by molar-refractivity contribution is 0.102. The van der Waals surface area contributed by atoms with Crippen LogP contribution in [-0.2, 0) is 6.42 Å². The molecule has 0 fully saturated rings. The lowest BCUT2D eigenvalue weighted by Gasteiger charge is -2.09. The van der Waals surface area contributed by atoms with E-state index in [0.717, 1.165) is 28.2 Å². The number of nitrogens with one attached hydrogen (secondary N) is 1. The molecule has 5 heteroatoms. The second kappa shape index (κ2) is 7.60. The zero-order chi connectivity index (χ0) is 18.6. The number of hydrogen-bond acceptors (Lipinski definition) is 3. The number of aromatic nitrogens is 2. The standard InChI is InChI=1S/C22H19N3OS/c1-2-16-9-6-7-12-19(16)23-22(26)18-15-25(17-10-4-3-5-11-17)24-21(18)20-13-8-14-27-20/h3-15H,2H2,1H3,(H,23,26). The van der Waals surface area contributed by atoms with Crippen molar-refractivity contribution in [2.75, 3.05) is 5.32 Å². The highest BCUT2D eigenvalue weighted by Crippen LogP contribution is 2.28. The van der Waals surface area contributed by atoms with E-state index in [-0.39, 0.29) is 5.91 Å². The molecule has 2 heterocycles. The first kappa shape index (κ1) is 17.2. The van der Waals surface area contributed by atoms with Crippen LogP contribution in [-0.4, -0.2) is 15.7 Å². The van der Waals surface area contributed by atoms with E-state index in [9.17, 15) is 4.79 Å². The number of rotatable bonds is 5. The molecular weight excluding hydrogens is 354 g/mol. The highest BCUT2D eigenvalue weighted by Gasteiger charge is 2.20. The summed E-state index contributed by atoms with van der Waals surface area (Å²) >= 11 is 1.57. The molecule has 0 unspecified atom stereocenters. The first-order chi connectivity index (χ1) is 13.3. The van der Waals surface area contributed by atoms with Gasteiger partial charge in [-0.2, -0.15) is 5.10 Å². The number of para-hydroxylation sites is 2. The number of hydrogen-bond donors (Lipinski definition) is 1. The number of amides is 1. The molecule has 27 heavy (non-hydrogen) atoms. The Kier molecular flexibility index (Phi) is 4.85. The summed E-state index contributed by atoms with van der Waals surface area (Å²) in [5, 5.41) is 9.74. The Morgan fingerprint density at radius 1 is 1.04 bits per heavy atom. The summed E-state index contributed by atoms with van der Waals surface area (Å²) in [7, 11) is 0. The van der Waals surface area contributed by atoms with Gasteiger partial charge < -0.3 is 5.32 Å². The molecule has 4 aromatic rings. The topological polar surface area (TPSA) is 46.9 Å². The number of carbonyl (C=O) groups excluding carboxylic acids is 1. The molecule has 2 aromatic carbocycles. The van der Waals surface area contributed by atoms with Crippen LogP contribution in [0.5, 0.6) is 0 Å². The van der Waals surface area contributed by atoms with Crippen LogP contribution in [0.15, 0.2) is 78.3 Å². The third-order valence-electron chi connectivity index (χ3n) is 4.38. The second-order valence-corrected chi connectivity index (χ2v) is 7.06. The van der Waals surface area contributed by atoms with Crippen LogP contribution in [0.1, 0.15) is 22.8 Å². The van der Waals surface area contributed by atoms with Gasteiger partial charge in [-0.15, -0.1) is 11.3 Å². The minimum absolute atomic E-state index is 0.151. The van der Waals surface area contributed by atoms with E-state index < -0.39 is 0 Å². The van der Waals surface area contributed by atoms with Crippen molar-refractivity contribution < 1.29 is 4.79 Å². The smallest absolute Gasteiger partial charge is 0.259 e. The fourth-order valence-corrected chi connectivity index (χ4v) is 3.71. The summed E-state index contributed by atoms with van der Waals surface area (Å²) in [4.78, 5) is 14.1. The van der Waals surface area contributed by atoms with Gasteiger partial charge in [-0.3, -0.25) is 4.79 Å². The van der Waals surface area contributed by atoms with Crippen molar-refractivity contribution in [2.45, 2.75) is 13.3 Å². The average Bonchev–Trinajstić information content (AvgIpc) is 3.39. The van der Waals surface area contributed by atoms with Crippen LogP contribution in [0, 0.1) is 0 Å². The van der Waals surface area contributed by atoms with Crippen molar-refractivity contribution in [2.24, 2.45) is 0 Å². The first-order valence-electron chi connectivity index (χ1n) is 8.84. The van der Waals surface area contributed by atoms with Gasteiger partial charge in [-0.05, 0) is 41.6 Å². The fraction of sp³-hybridized carbons (Fsp3) is 0.0909. The van der Waals surface area contributed by atoms with E-state index in [1.807, 2.05) is 72.1 Å². The Bertz CT molecular complexity index is 1050. The highest BCUT2D eigenvalue weighted by atomic mass is 32.1. The number of nitrogens with zero attached hydrogens (tertiary/aromatic N) is 2. The maximum atomic E-state index is 13.1. The molecule has 0 aliphatic rings. The molecule has 0 aliphatic carbocycles. The quantitative estimate of drug-likeness (QED) is 0.508. The van der Waals surface area contributed by atoms with Crippen molar-refractivity contribution in [1.82, 2.24) is 9.78 Å². The lowest BCUT2D eigenvalue weighted by Crippen LogP contribution is -2.13. The van der Waals surface area contributed by atoms with Crippen LogP contribution in [0.2, 0.25) is 0 Å². The van der Waals surface area contributed by atoms with Crippen LogP contribution in [0.4, 0.5) is 5.69 Å². The third kappa shape index (κ3) is 3.55. The summed E-state index contributed by atoms with van der Waals surface area (Å²) < 4.78 is 1.76. The Labute approximate surface area is 162 Å². The summed E-state index contributed by atoms with van der Waals surface area (Å²) in [5.41, 5.74) is 4.13. The molecule has 4 nitrogen and oxygen atoms in total. The Morgan fingerprint density at radius 2 is 1.81 bits per heavy atom. The van der Waals surface area contributed by atoms with Gasteiger partial charge in [0, 0.05) is 11.9 Å². The largest absolute Gasteiger partial charge is 0.322 e. The van der Waals surface area contributed by atoms with Gasteiger partial charge in [0.15, 0.2) is 0 Å². The molecule has 134 valence electrons. The molecule has 0 aliphatic heterocycles. The van der Waals surface area contributed by atoms with Gasteiger partial charge in [0.1, 0.15) is 5.69 Å². The minimum Gasteiger partial charge on any atom is -0.322 e. The molecular formula is C22H19N3OS. The van der Waals surface area contributed by atoms with Crippen molar-refractivity contribution in [3.05, 3.63) is 89.4 Å². The van der Waals surface area contributed by atoms with E-state index in [0.29, 0.717) is 11.3 Å². The Balaban J connectivity index is 1.74. The summed E-state index contributed by atoms with van der Waals surface area (Å²) in [5.74, 6) is -0.151.